The molecule has 19 heavy (non-hydrogen) atoms. The van der Waals surface area contributed by atoms with Crippen LogP contribution in [0.15, 0.2) is 0 Å². The first-order chi connectivity index (χ1) is 8.75. The van der Waals surface area contributed by atoms with Crippen LogP contribution in [0.3, 0.4) is 0 Å². The minimum absolute atomic E-state index is 0.235. The van der Waals surface area contributed by atoms with Gasteiger partial charge in [-0.05, 0) is 33.6 Å². The normalized spacial score (nSPS) is 14.3. The van der Waals surface area contributed by atoms with E-state index in [2.05, 4.69) is 10.0 Å². The average Bonchev–Trinajstić information content (AvgIpc) is 2.29. The van der Waals surface area contributed by atoms with Gasteiger partial charge < -0.3 is 10.1 Å². The van der Waals surface area contributed by atoms with E-state index in [0.717, 1.165) is 12.8 Å². The molecule has 0 radical (unpaired) electrons. The number of hydrogen-bond acceptors (Lipinski definition) is 4. The second-order valence-electron chi connectivity index (χ2n) is 5.44. The fraction of sp³-hybridized carbons (Fsp3) is 1.00. The molecule has 0 saturated heterocycles. The van der Waals surface area contributed by atoms with Crippen molar-refractivity contribution in [1.82, 2.24) is 10.0 Å². The third kappa shape index (κ3) is 10.3. The highest BCUT2D eigenvalue weighted by molar-refractivity contribution is 7.90. The van der Waals surface area contributed by atoms with E-state index in [-0.39, 0.29) is 6.10 Å². The van der Waals surface area contributed by atoms with Crippen molar-refractivity contribution < 1.29 is 13.2 Å². The predicted octanol–water partition coefficient (Wildman–Crippen LogP) is 1.50. The Morgan fingerprint density at radius 1 is 1.05 bits per heavy atom. The van der Waals surface area contributed by atoms with E-state index in [1.54, 1.807) is 6.92 Å². The molecule has 1 atom stereocenters. The average molecular weight is 294 g/mol. The van der Waals surface area contributed by atoms with Crippen LogP contribution in [0.1, 0.15) is 47.5 Å². The summed E-state index contributed by atoms with van der Waals surface area (Å²) in [7, 11) is -3.21. The van der Waals surface area contributed by atoms with Gasteiger partial charge in [-0.25, -0.2) is 13.1 Å². The van der Waals surface area contributed by atoms with E-state index in [1.165, 1.54) is 0 Å². The van der Waals surface area contributed by atoms with Crippen LogP contribution < -0.4 is 10.0 Å². The highest BCUT2D eigenvalue weighted by Gasteiger charge is 2.19. The Balaban J connectivity index is 3.78. The minimum atomic E-state index is -3.21. The molecule has 0 saturated carbocycles. The van der Waals surface area contributed by atoms with Gasteiger partial charge in [0, 0.05) is 25.7 Å². The van der Waals surface area contributed by atoms with E-state index in [1.807, 2.05) is 27.7 Å². The zero-order valence-corrected chi connectivity index (χ0v) is 13.7. The van der Waals surface area contributed by atoms with Crippen molar-refractivity contribution >= 4 is 10.0 Å². The standard InChI is InChI=1S/C13H30N2O3S/c1-11(2)14-10-13(5)19(16,17)15-8-6-7-9-18-12(3)4/h11-15H,6-10H2,1-5H3. The van der Waals surface area contributed by atoms with Crippen molar-refractivity contribution in [3.63, 3.8) is 0 Å². The molecule has 0 bridgehead atoms. The van der Waals surface area contributed by atoms with E-state index in [9.17, 15) is 8.42 Å². The van der Waals surface area contributed by atoms with E-state index in [0.29, 0.717) is 25.7 Å². The molecule has 0 aliphatic heterocycles. The van der Waals surface area contributed by atoms with E-state index < -0.39 is 15.3 Å². The summed E-state index contributed by atoms with van der Waals surface area (Å²) in [5.74, 6) is 0. The van der Waals surface area contributed by atoms with Gasteiger partial charge in [0.05, 0.1) is 11.4 Å². The lowest BCUT2D eigenvalue weighted by molar-refractivity contribution is 0.0762. The Kier molecular flexibility index (Phi) is 9.60. The Bertz CT molecular complexity index is 316. The lowest BCUT2D eigenvalue weighted by Crippen LogP contribution is -2.41. The summed E-state index contributed by atoms with van der Waals surface area (Å²) >= 11 is 0. The summed E-state index contributed by atoms with van der Waals surface area (Å²) in [5.41, 5.74) is 0. The van der Waals surface area contributed by atoms with Crippen molar-refractivity contribution in [3.8, 4) is 0 Å². The van der Waals surface area contributed by atoms with Gasteiger partial charge >= 0.3 is 0 Å². The van der Waals surface area contributed by atoms with Crippen molar-refractivity contribution in [2.45, 2.75) is 64.9 Å². The van der Waals surface area contributed by atoms with Crippen LogP contribution in [0, 0.1) is 0 Å². The van der Waals surface area contributed by atoms with Crippen LogP contribution in [0.25, 0.3) is 0 Å². The Morgan fingerprint density at radius 2 is 1.68 bits per heavy atom. The predicted molar refractivity (Wildman–Crippen MR) is 79.8 cm³/mol. The van der Waals surface area contributed by atoms with E-state index >= 15 is 0 Å². The maximum Gasteiger partial charge on any atom is 0.215 e. The number of rotatable bonds is 11. The molecule has 2 N–H and O–H groups in total. The molecular formula is C13H30N2O3S. The minimum Gasteiger partial charge on any atom is -0.379 e. The Labute approximate surface area is 118 Å². The van der Waals surface area contributed by atoms with Gasteiger partial charge in [-0.15, -0.1) is 0 Å². The molecule has 0 heterocycles. The van der Waals surface area contributed by atoms with Crippen molar-refractivity contribution in [1.29, 1.82) is 0 Å². The maximum absolute atomic E-state index is 11.9. The quantitative estimate of drug-likeness (QED) is 0.567. The van der Waals surface area contributed by atoms with Gasteiger partial charge in [0.25, 0.3) is 0 Å². The summed E-state index contributed by atoms with van der Waals surface area (Å²) in [6, 6.07) is 0.297. The van der Waals surface area contributed by atoms with Gasteiger partial charge in [-0.2, -0.15) is 0 Å². The Hall–Kier alpha value is -0.170. The zero-order valence-electron chi connectivity index (χ0n) is 12.9. The molecule has 116 valence electrons. The first-order valence-electron chi connectivity index (χ1n) is 7.09. The number of sulfonamides is 1. The van der Waals surface area contributed by atoms with Crippen LogP contribution in [-0.4, -0.2) is 45.5 Å². The van der Waals surface area contributed by atoms with Crippen LogP contribution in [-0.2, 0) is 14.8 Å². The summed E-state index contributed by atoms with van der Waals surface area (Å²) in [5, 5.41) is 2.72. The van der Waals surface area contributed by atoms with Crippen molar-refractivity contribution in [2.24, 2.45) is 0 Å². The van der Waals surface area contributed by atoms with Crippen LogP contribution in [0.4, 0.5) is 0 Å². The first-order valence-corrected chi connectivity index (χ1v) is 8.63. The largest absolute Gasteiger partial charge is 0.379 e. The molecule has 6 heteroatoms. The SMILES string of the molecule is CC(C)NCC(C)S(=O)(=O)NCCCCOC(C)C. The molecule has 5 nitrogen and oxygen atoms in total. The lowest BCUT2D eigenvalue weighted by Gasteiger charge is -2.16. The summed E-state index contributed by atoms with van der Waals surface area (Å²) < 4.78 is 31.8. The van der Waals surface area contributed by atoms with Gasteiger partial charge in [0.15, 0.2) is 0 Å². The maximum atomic E-state index is 11.9. The highest BCUT2D eigenvalue weighted by Crippen LogP contribution is 1.99. The summed E-state index contributed by atoms with van der Waals surface area (Å²) in [6.45, 7) is 11.4. The molecule has 0 aromatic carbocycles. The first kappa shape index (κ1) is 18.8. The van der Waals surface area contributed by atoms with Crippen molar-refractivity contribution in [2.75, 3.05) is 19.7 Å². The topological polar surface area (TPSA) is 67.4 Å². The molecule has 1 unspecified atom stereocenters. The van der Waals surface area contributed by atoms with Gasteiger partial charge in [-0.1, -0.05) is 13.8 Å². The third-order valence-corrected chi connectivity index (χ3v) is 4.50. The molecule has 0 aromatic heterocycles. The van der Waals surface area contributed by atoms with Gasteiger partial charge in [0.1, 0.15) is 0 Å². The van der Waals surface area contributed by atoms with Crippen LogP contribution >= 0.6 is 0 Å². The summed E-state index contributed by atoms with van der Waals surface area (Å²) in [4.78, 5) is 0. The monoisotopic (exact) mass is 294 g/mol. The second kappa shape index (κ2) is 9.69. The fourth-order valence-corrected chi connectivity index (χ4v) is 2.44. The molecule has 0 rings (SSSR count). The molecule has 0 fully saturated rings. The second-order valence-corrected chi connectivity index (χ2v) is 7.62. The smallest absolute Gasteiger partial charge is 0.215 e. The zero-order chi connectivity index (χ0) is 14.9. The molecule has 0 aliphatic carbocycles. The van der Waals surface area contributed by atoms with Crippen LogP contribution in [0.5, 0.6) is 0 Å². The molecule has 0 spiro atoms. The number of hydrogen-bond donors (Lipinski definition) is 2. The van der Waals surface area contributed by atoms with E-state index in [4.69, 9.17) is 4.74 Å². The highest BCUT2D eigenvalue weighted by atomic mass is 32.2. The number of unbranched alkanes of at least 4 members (excludes halogenated alkanes) is 1. The number of ether oxygens (including phenoxy) is 1. The number of nitrogens with one attached hydrogen (secondary N) is 2. The fourth-order valence-electron chi connectivity index (χ4n) is 1.41. The van der Waals surface area contributed by atoms with Crippen molar-refractivity contribution in [3.05, 3.63) is 0 Å². The Morgan fingerprint density at radius 3 is 2.21 bits per heavy atom. The molecular weight excluding hydrogens is 264 g/mol. The van der Waals surface area contributed by atoms with Gasteiger partial charge in [-0.3, -0.25) is 0 Å². The van der Waals surface area contributed by atoms with Crippen LogP contribution in [0.2, 0.25) is 0 Å². The molecule has 0 amide bonds. The summed E-state index contributed by atoms with van der Waals surface area (Å²) in [6.07, 6.45) is 1.91. The molecule has 0 aromatic rings. The molecule has 0 aliphatic rings. The lowest BCUT2D eigenvalue weighted by atomic mass is 10.3. The third-order valence-electron chi connectivity index (χ3n) is 2.67. The van der Waals surface area contributed by atoms with Gasteiger partial charge in [0.2, 0.25) is 10.0 Å².